The number of carbonyl (C=O) groups excluding carboxylic acids is 1. The van der Waals surface area contributed by atoms with Crippen molar-refractivity contribution in [1.82, 2.24) is 4.90 Å². The van der Waals surface area contributed by atoms with Crippen molar-refractivity contribution >= 4 is 17.8 Å². The summed E-state index contributed by atoms with van der Waals surface area (Å²) in [4.78, 5) is 36.3. The summed E-state index contributed by atoms with van der Waals surface area (Å²) in [6, 6.07) is 2.32. The van der Waals surface area contributed by atoms with Crippen molar-refractivity contribution in [2.45, 2.75) is 25.8 Å². The van der Waals surface area contributed by atoms with Crippen molar-refractivity contribution in [1.29, 1.82) is 0 Å². The molecule has 4 rings (SSSR count). The number of nitrogens with zero attached hydrogens (tertiary/aromatic N) is 2. The number of carboxylic acid groups (broad SMARTS) is 1. The highest BCUT2D eigenvalue weighted by Gasteiger charge is 2.44. The fourth-order valence-electron chi connectivity index (χ4n) is 4.97. The Labute approximate surface area is 184 Å². The van der Waals surface area contributed by atoms with Crippen LogP contribution in [0, 0.1) is 29.9 Å². The molecule has 8 nitrogen and oxygen atoms in total. The Bertz CT molecular complexity index is 1160. The summed E-state index contributed by atoms with van der Waals surface area (Å²) in [5.41, 5.74) is 5.31. The van der Waals surface area contributed by atoms with Crippen molar-refractivity contribution in [2.24, 2.45) is 5.92 Å². The Morgan fingerprint density at radius 1 is 1.12 bits per heavy atom. The zero-order valence-electron chi connectivity index (χ0n) is 17.8. The van der Waals surface area contributed by atoms with E-state index in [1.54, 1.807) is 24.1 Å². The van der Waals surface area contributed by atoms with E-state index in [1.165, 1.54) is 0 Å². The van der Waals surface area contributed by atoms with Crippen LogP contribution in [0.2, 0.25) is 0 Å². The van der Waals surface area contributed by atoms with Gasteiger partial charge in [-0.25, -0.2) is 9.59 Å². The maximum absolute atomic E-state index is 12.7. The third-order valence-corrected chi connectivity index (χ3v) is 6.19. The van der Waals surface area contributed by atoms with Gasteiger partial charge < -0.3 is 14.7 Å². The number of benzene rings is 1. The number of likely N-dealkylation sites (N-methyl/N-ethyl adjacent to an activating group) is 1. The number of esters is 1. The third kappa shape index (κ3) is 3.43. The van der Waals surface area contributed by atoms with Gasteiger partial charge in [0.05, 0.1) is 4.92 Å². The minimum Gasteiger partial charge on any atom is -0.449 e. The van der Waals surface area contributed by atoms with E-state index in [2.05, 4.69) is 4.74 Å². The lowest BCUT2D eigenvalue weighted by atomic mass is 9.71. The first-order chi connectivity index (χ1) is 15.2. The van der Waals surface area contributed by atoms with Gasteiger partial charge in [-0.3, -0.25) is 10.1 Å². The quantitative estimate of drug-likeness (QED) is 0.326. The molecule has 2 aliphatic carbocycles. The van der Waals surface area contributed by atoms with Crippen LogP contribution in [0.15, 0.2) is 71.5 Å². The van der Waals surface area contributed by atoms with Gasteiger partial charge >= 0.3 is 12.1 Å². The monoisotopic (exact) mass is 434 g/mol. The molecule has 0 aromatic heterocycles. The second kappa shape index (κ2) is 7.96. The zero-order chi connectivity index (χ0) is 23.2. The number of fused-ring (bicyclic) bond motifs is 2. The zero-order valence-corrected chi connectivity index (χ0v) is 17.8. The Morgan fingerprint density at radius 2 is 1.81 bits per heavy atom. The smallest absolute Gasteiger partial charge is 0.449 e. The number of rotatable bonds is 3. The fourth-order valence-corrected chi connectivity index (χ4v) is 4.97. The van der Waals surface area contributed by atoms with Gasteiger partial charge in [0, 0.05) is 36.7 Å². The minimum absolute atomic E-state index is 0.0487. The Hall–Kier alpha value is -3.94. The van der Waals surface area contributed by atoms with Crippen molar-refractivity contribution < 1.29 is 24.4 Å². The van der Waals surface area contributed by atoms with Crippen molar-refractivity contribution in [3.63, 3.8) is 0 Å². The van der Waals surface area contributed by atoms with E-state index in [1.807, 2.05) is 56.4 Å². The predicted octanol–water partition coefficient (Wildman–Crippen LogP) is 4.32. The first-order valence-electron chi connectivity index (χ1n) is 10.1. The maximum Gasteiger partial charge on any atom is 0.513 e. The Balaban J connectivity index is 1.88. The van der Waals surface area contributed by atoms with Gasteiger partial charge in [-0.1, -0.05) is 36.5 Å². The molecule has 164 valence electrons. The lowest BCUT2D eigenvalue weighted by Crippen LogP contribution is -2.49. The summed E-state index contributed by atoms with van der Waals surface area (Å²) < 4.78 is 4.52. The number of hydrogen-bond donors (Lipinski definition) is 1. The normalized spacial score (nSPS) is 23.4. The van der Waals surface area contributed by atoms with Crippen LogP contribution in [0.5, 0.6) is 0 Å². The molecular formula is C24H22N2O6. The van der Waals surface area contributed by atoms with Gasteiger partial charge in [-0.05, 0) is 47.8 Å². The van der Waals surface area contributed by atoms with E-state index in [9.17, 15) is 19.7 Å². The van der Waals surface area contributed by atoms with E-state index >= 15 is 0 Å². The highest BCUT2D eigenvalue weighted by atomic mass is 16.7. The molecule has 32 heavy (non-hydrogen) atoms. The molecule has 0 amide bonds. The third-order valence-electron chi connectivity index (χ3n) is 6.19. The lowest BCUT2D eigenvalue weighted by Gasteiger charge is -2.44. The van der Waals surface area contributed by atoms with Crippen LogP contribution in [-0.2, 0) is 9.53 Å². The lowest BCUT2D eigenvalue weighted by molar-refractivity contribution is -0.385. The molecule has 1 N–H and O–H groups in total. The van der Waals surface area contributed by atoms with E-state index in [-0.39, 0.29) is 11.6 Å². The summed E-state index contributed by atoms with van der Waals surface area (Å²) in [5.74, 6) is -1.41. The summed E-state index contributed by atoms with van der Waals surface area (Å²) in [5, 5.41) is 20.3. The minimum atomic E-state index is -1.64. The molecule has 0 saturated carbocycles. The molecule has 3 unspecified atom stereocenters. The Kier molecular flexibility index (Phi) is 5.30. The molecule has 0 saturated heterocycles. The summed E-state index contributed by atoms with van der Waals surface area (Å²) in [7, 11) is 1.74. The molecule has 3 aliphatic rings. The standard InChI is InChI=1S/C24H22N2O6/c1-13-11-15(26(30)31)12-14(2)20(13)18-9-6-10-19-21(18)16-7-4-5-8-17(16)22(25(19)3)23(27)32-24(28)29/h4-12,17-18,22H,1-3H3,(H,28,29). The fraction of sp³-hybridized carbons (Fsp3) is 0.250. The van der Waals surface area contributed by atoms with Crippen molar-refractivity contribution in [2.75, 3.05) is 7.05 Å². The first-order valence-corrected chi connectivity index (χ1v) is 10.1. The molecule has 0 fully saturated rings. The van der Waals surface area contributed by atoms with Crippen LogP contribution in [0.4, 0.5) is 10.5 Å². The number of allylic oxidation sites excluding steroid dienone is 7. The van der Waals surface area contributed by atoms with E-state index in [0.717, 1.165) is 33.5 Å². The van der Waals surface area contributed by atoms with Crippen LogP contribution in [0.1, 0.15) is 22.6 Å². The molecule has 1 aromatic rings. The predicted molar refractivity (Wildman–Crippen MR) is 117 cm³/mol. The van der Waals surface area contributed by atoms with Crippen LogP contribution in [0.3, 0.4) is 0 Å². The number of aryl methyl sites for hydroxylation is 2. The number of hydrogen-bond acceptors (Lipinski definition) is 6. The van der Waals surface area contributed by atoms with Gasteiger partial charge in [-0.15, -0.1) is 0 Å². The van der Waals surface area contributed by atoms with E-state index in [4.69, 9.17) is 5.11 Å². The second-order valence-corrected chi connectivity index (χ2v) is 8.05. The van der Waals surface area contributed by atoms with Crippen LogP contribution < -0.4 is 0 Å². The molecule has 8 heteroatoms. The molecule has 1 aliphatic heterocycles. The van der Waals surface area contributed by atoms with E-state index < -0.39 is 29.0 Å². The van der Waals surface area contributed by atoms with Crippen molar-refractivity contribution in [3.8, 4) is 0 Å². The molecule has 0 bridgehead atoms. The number of nitro benzene ring substituents is 1. The van der Waals surface area contributed by atoms with Crippen LogP contribution in [0.25, 0.3) is 0 Å². The highest BCUT2D eigenvalue weighted by molar-refractivity contribution is 5.87. The topological polar surface area (TPSA) is 110 Å². The summed E-state index contributed by atoms with van der Waals surface area (Å²) in [6.45, 7) is 3.72. The molecule has 0 spiro atoms. The van der Waals surface area contributed by atoms with Crippen molar-refractivity contribution in [3.05, 3.63) is 98.3 Å². The average Bonchev–Trinajstić information content (AvgIpc) is 2.73. The van der Waals surface area contributed by atoms with Gasteiger partial charge in [0.1, 0.15) is 6.04 Å². The van der Waals surface area contributed by atoms with Gasteiger partial charge in [0.15, 0.2) is 0 Å². The van der Waals surface area contributed by atoms with Gasteiger partial charge in [0.2, 0.25) is 0 Å². The SMILES string of the molecule is Cc1cc([N+](=O)[O-])cc(C)c1C1C=CC=C2C1=C1C=CC=CC1C(C(=O)OC(=O)O)N2C. The molecule has 1 aromatic carbocycles. The summed E-state index contributed by atoms with van der Waals surface area (Å²) >= 11 is 0. The van der Waals surface area contributed by atoms with Gasteiger partial charge in [0.25, 0.3) is 5.69 Å². The molecule has 0 radical (unpaired) electrons. The molecule has 3 atom stereocenters. The number of nitro groups is 1. The highest BCUT2D eigenvalue weighted by Crippen LogP contribution is 2.48. The van der Waals surface area contributed by atoms with Gasteiger partial charge in [-0.2, -0.15) is 0 Å². The summed E-state index contributed by atoms with van der Waals surface area (Å²) in [6.07, 6.45) is 11.7. The first kappa shape index (κ1) is 21.3. The molecule has 1 heterocycles. The Morgan fingerprint density at radius 3 is 2.44 bits per heavy atom. The molecular weight excluding hydrogens is 412 g/mol. The van der Waals surface area contributed by atoms with Crippen LogP contribution >= 0.6 is 0 Å². The average molecular weight is 434 g/mol. The largest absolute Gasteiger partial charge is 0.513 e. The van der Waals surface area contributed by atoms with Crippen LogP contribution in [-0.4, -0.2) is 40.1 Å². The van der Waals surface area contributed by atoms with E-state index in [0.29, 0.717) is 0 Å². The second-order valence-electron chi connectivity index (χ2n) is 8.05. The number of ether oxygens (including phenoxy) is 1. The maximum atomic E-state index is 12.7. The number of carbonyl (C=O) groups is 2. The number of non-ortho nitro benzene ring substituents is 1.